The number of anilines is 1. The topological polar surface area (TPSA) is 62.7 Å². The van der Waals surface area contributed by atoms with Gasteiger partial charge in [-0.25, -0.2) is 5.43 Å². The first kappa shape index (κ1) is 14.0. The summed E-state index contributed by atoms with van der Waals surface area (Å²) in [6, 6.07) is 7.46. The van der Waals surface area contributed by atoms with Gasteiger partial charge in [0.05, 0.1) is 13.2 Å². The predicted octanol–water partition coefficient (Wildman–Crippen LogP) is 2.01. The van der Waals surface area contributed by atoms with Crippen molar-refractivity contribution in [3.63, 3.8) is 0 Å². The summed E-state index contributed by atoms with van der Waals surface area (Å²) >= 11 is 0. The molecule has 0 radical (unpaired) electrons. The molecule has 0 spiro atoms. The molecule has 5 nitrogen and oxygen atoms in total. The second kappa shape index (κ2) is 8.11. The summed E-state index contributed by atoms with van der Waals surface area (Å²) in [5, 5.41) is 6.76. The molecule has 0 aliphatic heterocycles. The normalized spacial score (nSPS) is 10.3. The number of benzene rings is 1. The zero-order chi connectivity index (χ0) is 13.2. The first-order valence-electron chi connectivity index (χ1n) is 6.03. The van der Waals surface area contributed by atoms with Gasteiger partial charge in [0.1, 0.15) is 5.75 Å². The first-order valence-corrected chi connectivity index (χ1v) is 6.03. The van der Waals surface area contributed by atoms with Crippen molar-refractivity contribution in [1.29, 1.82) is 0 Å². The molecule has 0 heterocycles. The lowest BCUT2D eigenvalue weighted by atomic mass is 10.3. The third-order valence-corrected chi connectivity index (χ3v) is 2.08. The van der Waals surface area contributed by atoms with Crippen LogP contribution in [0.15, 0.2) is 29.4 Å². The van der Waals surface area contributed by atoms with Gasteiger partial charge in [0, 0.05) is 11.9 Å². The maximum Gasteiger partial charge on any atom is 0.259 e. The molecule has 1 aromatic carbocycles. The summed E-state index contributed by atoms with van der Waals surface area (Å²) in [4.78, 5) is 11.3. The van der Waals surface area contributed by atoms with Crippen LogP contribution < -0.4 is 15.5 Å². The fourth-order valence-electron chi connectivity index (χ4n) is 1.27. The molecule has 98 valence electrons. The van der Waals surface area contributed by atoms with Crippen molar-refractivity contribution in [2.75, 3.05) is 18.5 Å². The highest BCUT2D eigenvalue weighted by molar-refractivity contribution is 5.81. The summed E-state index contributed by atoms with van der Waals surface area (Å²) < 4.78 is 5.33. The lowest BCUT2D eigenvalue weighted by Gasteiger charge is -2.07. The highest BCUT2D eigenvalue weighted by atomic mass is 16.5. The van der Waals surface area contributed by atoms with E-state index < -0.39 is 0 Å². The molecular weight excluding hydrogens is 230 g/mol. The molecule has 0 aromatic heterocycles. The molecule has 1 amide bonds. The largest absolute Gasteiger partial charge is 0.494 e. The number of amides is 1. The SMILES string of the molecule is CC/C=N\NC(=O)CNc1ccc(OCC)cc1. The Kier molecular flexibility index (Phi) is 6.32. The number of nitrogens with one attached hydrogen (secondary N) is 2. The summed E-state index contributed by atoms with van der Waals surface area (Å²) in [5.74, 6) is 0.647. The molecule has 0 bridgehead atoms. The first-order chi connectivity index (χ1) is 8.76. The Morgan fingerprint density at radius 2 is 2.06 bits per heavy atom. The number of rotatable bonds is 7. The van der Waals surface area contributed by atoms with Crippen LogP contribution in [-0.2, 0) is 4.79 Å². The lowest BCUT2D eigenvalue weighted by Crippen LogP contribution is -2.25. The Balaban J connectivity index is 2.34. The van der Waals surface area contributed by atoms with Gasteiger partial charge < -0.3 is 10.1 Å². The number of carbonyl (C=O) groups excluding carboxylic acids is 1. The Hall–Kier alpha value is -2.04. The van der Waals surface area contributed by atoms with Crippen molar-refractivity contribution in [2.24, 2.45) is 5.10 Å². The van der Waals surface area contributed by atoms with Gasteiger partial charge in [-0.15, -0.1) is 0 Å². The van der Waals surface area contributed by atoms with Crippen molar-refractivity contribution in [1.82, 2.24) is 5.43 Å². The number of nitrogens with zero attached hydrogens (tertiary/aromatic N) is 1. The Morgan fingerprint density at radius 3 is 2.67 bits per heavy atom. The quantitative estimate of drug-likeness (QED) is 0.574. The van der Waals surface area contributed by atoms with Crippen LogP contribution in [0.5, 0.6) is 5.75 Å². The Bertz CT molecular complexity index is 388. The minimum absolute atomic E-state index is 0.173. The average molecular weight is 249 g/mol. The van der Waals surface area contributed by atoms with Gasteiger partial charge in [0.15, 0.2) is 0 Å². The fourth-order valence-corrected chi connectivity index (χ4v) is 1.27. The number of carbonyl (C=O) groups is 1. The molecule has 1 rings (SSSR count). The molecule has 0 fully saturated rings. The van der Waals surface area contributed by atoms with E-state index in [0.717, 1.165) is 17.9 Å². The monoisotopic (exact) mass is 249 g/mol. The van der Waals surface area contributed by atoms with Crippen molar-refractivity contribution >= 4 is 17.8 Å². The zero-order valence-corrected chi connectivity index (χ0v) is 10.8. The van der Waals surface area contributed by atoms with Crippen LogP contribution >= 0.6 is 0 Å². The number of ether oxygens (including phenoxy) is 1. The molecule has 2 N–H and O–H groups in total. The maximum atomic E-state index is 11.3. The summed E-state index contributed by atoms with van der Waals surface area (Å²) in [6.07, 6.45) is 2.45. The van der Waals surface area contributed by atoms with E-state index in [9.17, 15) is 4.79 Å². The van der Waals surface area contributed by atoms with Gasteiger partial charge in [0.2, 0.25) is 0 Å². The van der Waals surface area contributed by atoms with E-state index in [1.165, 1.54) is 0 Å². The number of hydrogen-bond donors (Lipinski definition) is 2. The highest BCUT2D eigenvalue weighted by Crippen LogP contribution is 2.15. The molecule has 0 atom stereocenters. The van der Waals surface area contributed by atoms with E-state index >= 15 is 0 Å². The third kappa shape index (κ3) is 5.34. The van der Waals surface area contributed by atoms with Crippen LogP contribution in [0.3, 0.4) is 0 Å². The van der Waals surface area contributed by atoms with E-state index in [2.05, 4.69) is 15.8 Å². The van der Waals surface area contributed by atoms with Crippen molar-refractivity contribution < 1.29 is 9.53 Å². The summed E-state index contributed by atoms with van der Waals surface area (Å²) in [6.45, 7) is 4.72. The molecule has 0 saturated heterocycles. The standard InChI is InChI=1S/C13H19N3O2/c1-3-9-15-16-13(17)10-14-11-5-7-12(8-6-11)18-4-2/h5-9,14H,3-4,10H2,1-2H3,(H,16,17)/b15-9-. The number of hydrazone groups is 1. The van der Waals surface area contributed by atoms with E-state index in [1.54, 1.807) is 6.21 Å². The molecule has 0 aliphatic rings. The molecular formula is C13H19N3O2. The van der Waals surface area contributed by atoms with Crippen LogP contribution in [0, 0.1) is 0 Å². The van der Waals surface area contributed by atoms with E-state index in [4.69, 9.17) is 4.74 Å². The van der Waals surface area contributed by atoms with Crippen molar-refractivity contribution in [3.8, 4) is 5.75 Å². The van der Waals surface area contributed by atoms with Crippen LogP contribution in [0.1, 0.15) is 20.3 Å². The average Bonchev–Trinajstić information content (AvgIpc) is 2.39. The van der Waals surface area contributed by atoms with E-state index in [0.29, 0.717) is 6.61 Å². The van der Waals surface area contributed by atoms with Gasteiger partial charge in [-0.3, -0.25) is 4.79 Å². The summed E-state index contributed by atoms with van der Waals surface area (Å²) in [7, 11) is 0. The Morgan fingerprint density at radius 1 is 1.33 bits per heavy atom. The zero-order valence-electron chi connectivity index (χ0n) is 10.8. The second-order valence-electron chi connectivity index (χ2n) is 3.57. The lowest BCUT2D eigenvalue weighted by molar-refractivity contribution is -0.119. The van der Waals surface area contributed by atoms with Gasteiger partial charge in [-0.05, 0) is 37.6 Å². The van der Waals surface area contributed by atoms with Gasteiger partial charge in [-0.2, -0.15) is 5.10 Å². The molecule has 18 heavy (non-hydrogen) atoms. The highest BCUT2D eigenvalue weighted by Gasteiger charge is 1.99. The van der Waals surface area contributed by atoms with Crippen LogP contribution in [-0.4, -0.2) is 25.3 Å². The van der Waals surface area contributed by atoms with E-state index in [1.807, 2.05) is 38.1 Å². The Labute approximate surface area is 107 Å². The number of hydrogen-bond acceptors (Lipinski definition) is 4. The minimum Gasteiger partial charge on any atom is -0.494 e. The minimum atomic E-state index is -0.173. The molecule has 0 aliphatic carbocycles. The van der Waals surface area contributed by atoms with E-state index in [-0.39, 0.29) is 12.5 Å². The van der Waals surface area contributed by atoms with Crippen LogP contribution in [0.4, 0.5) is 5.69 Å². The predicted molar refractivity (Wildman–Crippen MR) is 73.0 cm³/mol. The van der Waals surface area contributed by atoms with Gasteiger partial charge >= 0.3 is 0 Å². The fraction of sp³-hybridized carbons (Fsp3) is 0.385. The van der Waals surface area contributed by atoms with Gasteiger partial charge in [0.25, 0.3) is 5.91 Å². The third-order valence-electron chi connectivity index (χ3n) is 2.08. The molecule has 0 saturated carbocycles. The van der Waals surface area contributed by atoms with Crippen LogP contribution in [0.2, 0.25) is 0 Å². The maximum absolute atomic E-state index is 11.3. The van der Waals surface area contributed by atoms with Crippen LogP contribution in [0.25, 0.3) is 0 Å². The van der Waals surface area contributed by atoms with Crippen molar-refractivity contribution in [2.45, 2.75) is 20.3 Å². The molecule has 0 unspecified atom stereocenters. The second-order valence-corrected chi connectivity index (χ2v) is 3.57. The van der Waals surface area contributed by atoms with Crippen molar-refractivity contribution in [3.05, 3.63) is 24.3 Å². The summed E-state index contributed by atoms with van der Waals surface area (Å²) in [5.41, 5.74) is 3.30. The smallest absolute Gasteiger partial charge is 0.259 e. The van der Waals surface area contributed by atoms with Gasteiger partial charge in [-0.1, -0.05) is 6.92 Å². The molecule has 1 aromatic rings. The molecule has 5 heteroatoms.